The van der Waals surface area contributed by atoms with E-state index < -0.39 is 6.10 Å². The summed E-state index contributed by atoms with van der Waals surface area (Å²) in [7, 11) is 0. The van der Waals surface area contributed by atoms with E-state index in [-0.39, 0.29) is 12.0 Å². The molecule has 1 aliphatic carbocycles. The van der Waals surface area contributed by atoms with Crippen molar-refractivity contribution in [3.63, 3.8) is 0 Å². The Morgan fingerprint density at radius 1 is 1.50 bits per heavy atom. The van der Waals surface area contributed by atoms with Gasteiger partial charge in [0.05, 0.1) is 18.8 Å². The molecule has 1 fully saturated rings. The molecule has 1 rings (SSSR count). The second kappa shape index (κ2) is 5.96. The zero-order valence-corrected chi connectivity index (χ0v) is 10.6. The minimum Gasteiger partial charge on any atom is -0.394 e. The summed E-state index contributed by atoms with van der Waals surface area (Å²) in [5.41, 5.74) is 0.158. The van der Waals surface area contributed by atoms with Crippen LogP contribution in [0.15, 0.2) is 0 Å². The second-order valence-electron chi connectivity index (χ2n) is 4.84. The van der Waals surface area contributed by atoms with Gasteiger partial charge in [0, 0.05) is 24.6 Å². The van der Waals surface area contributed by atoms with E-state index in [0.29, 0.717) is 18.7 Å². The average Bonchev–Trinajstić information content (AvgIpc) is 2.31. The fourth-order valence-corrected chi connectivity index (χ4v) is 2.41. The Kier molecular flexibility index (Phi) is 5.18. The fraction of sp³-hybridized carbons (Fsp3) is 1.00. The van der Waals surface area contributed by atoms with Gasteiger partial charge < -0.3 is 20.3 Å². The Labute approximate surface area is 98.0 Å². The van der Waals surface area contributed by atoms with Crippen molar-refractivity contribution >= 4 is 0 Å². The molecule has 0 spiro atoms. The standard InChI is InChI=1S/C12H25NO3/c1-4-12(3)10(6-11(12)16-5-2)13-7-9(15)8-14/h9-11,13-15H,4-8H2,1-3H3. The van der Waals surface area contributed by atoms with Crippen LogP contribution in [0.5, 0.6) is 0 Å². The molecule has 4 nitrogen and oxygen atoms in total. The Hall–Kier alpha value is -0.160. The highest BCUT2D eigenvalue weighted by molar-refractivity contribution is 5.04. The highest BCUT2D eigenvalue weighted by atomic mass is 16.5. The molecule has 0 aliphatic heterocycles. The smallest absolute Gasteiger partial charge is 0.0895 e. The maximum atomic E-state index is 9.29. The van der Waals surface area contributed by atoms with Crippen molar-refractivity contribution in [2.45, 2.75) is 51.9 Å². The summed E-state index contributed by atoms with van der Waals surface area (Å²) in [4.78, 5) is 0. The Balaban J connectivity index is 2.39. The van der Waals surface area contributed by atoms with Gasteiger partial charge in [0.15, 0.2) is 0 Å². The van der Waals surface area contributed by atoms with E-state index >= 15 is 0 Å². The van der Waals surface area contributed by atoms with Crippen LogP contribution < -0.4 is 5.32 Å². The molecule has 3 N–H and O–H groups in total. The van der Waals surface area contributed by atoms with Crippen molar-refractivity contribution < 1.29 is 14.9 Å². The van der Waals surface area contributed by atoms with Crippen LogP contribution in [0.25, 0.3) is 0 Å². The molecule has 0 aromatic carbocycles. The molecule has 96 valence electrons. The fourth-order valence-electron chi connectivity index (χ4n) is 2.41. The van der Waals surface area contributed by atoms with Gasteiger partial charge in [-0.1, -0.05) is 13.8 Å². The number of hydrogen-bond acceptors (Lipinski definition) is 4. The van der Waals surface area contributed by atoms with Crippen LogP contribution in [0.1, 0.15) is 33.6 Å². The van der Waals surface area contributed by atoms with Crippen molar-refractivity contribution in [3.05, 3.63) is 0 Å². The molecular weight excluding hydrogens is 206 g/mol. The number of ether oxygens (including phenoxy) is 1. The summed E-state index contributed by atoms with van der Waals surface area (Å²) in [5.74, 6) is 0. The van der Waals surface area contributed by atoms with Gasteiger partial charge in [0.2, 0.25) is 0 Å². The summed E-state index contributed by atoms with van der Waals surface area (Å²) in [6.07, 6.45) is 1.72. The maximum Gasteiger partial charge on any atom is 0.0895 e. The van der Waals surface area contributed by atoms with Gasteiger partial charge in [0.25, 0.3) is 0 Å². The zero-order chi connectivity index (χ0) is 12.2. The lowest BCUT2D eigenvalue weighted by Crippen LogP contribution is -2.63. The molecular formula is C12H25NO3. The number of hydrogen-bond donors (Lipinski definition) is 3. The Morgan fingerprint density at radius 3 is 2.69 bits per heavy atom. The minimum absolute atomic E-state index is 0.158. The molecule has 4 unspecified atom stereocenters. The van der Waals surface area contributed by atoms with Crippen LogP contribution in [0.4, 0.5) is 0 Å². The molecule has 0 saturated heterocycles. The van der Waals surface area contributed by atoms with E-state index in [1.54, 1.807) is 0 Å². The normalized spacial score (nSPS) is 35.8. The first kappa shape index (κ1) is 13.9. The third-order valence-electron chi connectivity index (χ3n) is 3.92. The highest BCUT2D eigenvalue weighted by Gasteiger charge is 2.50. The SMILES string of the molecule is CCOC1CC(NCC(O)CO)C1(C)CC. The van der Waals surface area contributed by atoms with Crippen molar-refractivity contribution in [1.29, 1.82) is 0 Å². The van der Waals surface area contributed by atoms with E-state index in [1.807, 2.05) is 6.92 Å². The average molecular weight is 231 g/mol. The molecule has 16 heavy (non-hydrogen) atoms. The molecule has 0 aromatic rings. The number of nitrogens with one attached hydrogen (secondary N) is 1. The van der Waals surface area contributed by atoms with Gasteiger partial charge in [-0.2, -0.15) is 0 Å². The highest BCUT2D eigenvalue weighted by Crippen LogP contribution is 2.45. The molecule has 0 heterocycles. The van der Waals surface area contributed by atoms with Crippen molar-refractivity contribution in [1.82, 2.24) is 5.32 Å². The molecule has 4 atom stereocenters. The summed E-state index contributed by atoms with van der Waals surface area (Å²) in [6, 6.07) is 0.384. The first-order chi connectivity index (χ1) is 7.58. The predicted molar refractivity (Wildman–Crippen MR) is 63.3 cm³/mol. The van der Waals surface area contributed by atoms with Crippen molar-refractivity contribution in [2.75, 3.05) is 19.8 Å². The summed E-state index contributed by atoms with van der Waals surface area (Å²) < 4.78 is 5.70. The number of aliphatic hydroxyl groups excluding tert-OH is 2. The molecule has 1 saturated carbocycles. The second-order valence-corrected chi connectivity index (χ2v) is 4.84. The van der Waals surface area contributed by atoms with Gasteiger partial charge in [-0.05, 0) is 19.8 Å². The van der Waals surface area contributed by atoms with Crippen LogP contribution >= 0.6 is 0 Å². The summed E-state index contributed by atoms with van der Waals surface area (Å²) >= 11 is 0. The largest absolute Gasteiger partial charge is 0.394 e. The van der Waals surface area contributed by atoms with Gasteiger partial charge in [0.1, 0.15) is 0 Å². The lowest BCUT2D eigenvalue weighted by atomic mass is 9.61. The van der Waals surface area contributed by atoms with Crippen LogP contribution in [-0.4, -0.2) is 48.2 Å². The molecule has 0 amide bonds. The van der Waals surface area contributed by atoms with Crippen LogP contribution in [0.3, 0.4) is 0 Å². The maximum absolute atomic E-state index is 9.29. The predicted octanol–water partition coefficient (Wildman–Crippen LogP) is 0.523. The van der Waals surface area contributed by atoms with E-state index in [0.717, 1.165) is 19.4 Å². The van der Waals surface area contributed by atoms with Crippen LogP contribution in [-0.2, 0) is 4.74 Å². The lowest BCUT2D eigenvalue weighted by Gasteiger charge is -2.54. The Morgan fingerprint density at radius 2 is 2.19 bits per heavy atom. The van der Waals surface area contributed by atoms with E-state index in [4.69, 9.17) is 9.84 Å². The Bertz CT molecular complexity index is 212. The van der Waals surface area contributed by atoms with E-state index in [1.165, 1.54) is 0 Å². The van der Waals surface area contributed by atoms with Crippen LogP contribution in [0, 0.1) is 5.41 Å². The first-order valence-corrected chi connectivity index (χ1v) is 6.22. The molecule has 1 aliphatic rings. The first-order valence-electron chi connectivity index (χ1n) is 6.22. The van der Waals surface area contributed by atoms with E-state index in [9.17, 15) is 5.11 Å². The zero-order valence-electron chi connectivity index (χ0n) is 10.6. The van der Waals surface area contributed by atoms with Crippen molar-refractivity contribution in [2.24, 2.45) is 5.41 Å². The van der Waals surface area contributed by atoms with Crippen LogP contribution in [0.2, 0.25) is 0 Å². The van der Waals surface area contributed by atoms with Crippen molar-refractivity contribution in [3.8, 4) is 0 Å². The number of rotatable bonds is 7. The third kappa shape index (κ3) is 2.74. The quantitative estimate of drug-likeness (QED) is 0.598. The molecule has 0 bridgehead atoms. The minimum atomic E-state index is -0.660. The summed E-state index contributed by atoms with van der Waals surface area (Å²) in [5, 5.41) is 21.4. The van der Waals surface area contributed by atoms with E-state index in [2.05, 4.69) is 19.2 Å². The van der Waals surface area contributed by atoms with Gasteiger partial charge >= 0.3 is 0 Å². The molecule has 0 aromatic heterocycles. The van der Waals surface area contributed by atoms with Gasteiger partial charge in [-0.25, -0.2) is 0 Å². The topological polar surface area (TPSA) is 61.7 Å². The molecule has 0 radical (unpaired) electrons. The molecule has 4 heteroatoms. The van der Waals surface area contributed by atoms with Gasteiger partial charge in [-0.3, -0.25) is 0 Å². The third-order valence-corrected chi connectivity index (χ3v) is 3.92. The number of aliphatic hydroxyl groups is 2. The summed E-state index contributed by atoms with van der Waals surface area (Å²) in [6.45, 7) is 7.44. The lowest BCUT2D eigenvalue weighted by molar-refractivity contribution is -0.127. The van der Waals surface area contributed by atoms with Gasteiger partial charge in [-0.15, -0.1) is 0 Å². The monoisotopic (exact) mass is 231 g/mol.